The molecule has 1 aromatic carbocycles. The molecular formula is C17H24F2N4O2. The van der Waals surface area contributed by atoms with Crippen molar-refractivity contribution < 1.29 is 18.3 Å². The second-order valence-corrected chi connectivity index (χ2v) is 5.69. The number of aliphatic imine (C=N–C) groups is 1. The summed E-state index contributed by atoms with van der Waals surface area (Å²) in [4.78, 5) is 19.9. The van der Waals surface area contributed by atoms with Crippen molar-refractivity contribution >= 4 is 11.9 Å². The van der Waals surface area contributed by atoms with Crippen LogP contribution < -0.4 is 10.1 Å². The lowest BCUT2D eigenvalue weighted by Crippen LogP contribution is -2.53. The Morgan fingerprint density at radius 2 is 1.96 bits per heavy atom. The Hall–Kier alpha value is -2.38. The predicted octanol–water partition coefficient (Wildman–Crippen LogP) is 1.92. The third kappa shape index (κ3) is 5.88. The van der Waals surface area contributed by atoms with Crippen molar-refractivity contribution in [2.45, 2.75) is 27.0 Å². The molecule has 0 atom stereocenters. The molecule has 1 aliphatic heterocycles. The van der Waals surface area contributed by atoms with E-state index in [1.807, 2.05) is 17.9 Å². The Kier molecular flexibility index (Phi) is 6.97. The Morgan fingerprint density at radius 3 is 2.56 bits per heavy atom. The maximum atomic E-state index is 12.3. The normalized spacial score (nSPS) is 15.5. The number of hydrogen-bond donors (Lipinski definition) is 1. The zero-order valence-corrected chi connectivity index (χ0v) is 14.5. The van der Waals surface area contributed by atoms with E-state index in [0.717, 1.165) is 18.1 Å². The van der Waals surface area contributed by atoms with Crippen LogP contribution in [0.15, 0.2) is 29.3 Å². The van der Waals surface area contributed by atoms with Crippen molar-refractivity contribution in [1.82, 2.24) is 15.1 Å². The van der Waals surface area contributed by atoms with Gasteiger partial charge in [-0.3, -0.25) is 4.79 Å². The highest BCUT2D eigenvalue weighted by atomic mass is 19.3. The Morgan fingerprint density at radius 1 is 1.28 bits per heavy atom. The fraction of sp³-hybridized carbons (Fsp3) is 0.529. The lowest BCUT2D eigenvalue weighted by Gasteiger charge is -2.36. The van der Waals surface area contributed by atoms with E-state index in [9.17, 15) is 13.6 Å². The quantitative estimate of drug-likeness (QED) is 0.648. The molecule has 1 N–H and O–H groups in total. The van der Waals surface area contributed by atoms with Gasteiger partial charge >= 0.3 is 6.61 Å². The number of amides is 1. The summed E-state index contributed by atoms with van der Waals surface area (Å²) in [7, 11) is 0. The van der Waals surface area contributed by atoms with E-state index in [0.29, 0.717) is 32.7 Å². The van der Waals surface area contributed by atoms with Crippen LogP contribution in [0.3, 0.4) is 0 Å². The maximum absolute atomic E-state index is 12.3. The molecule has 1 saturated heterocycles. The standard InChI is InChI=1S/C17H24F2N4O2/c1-3-20-17(23-9-7-22(8-10-23)13(2)24)21-12-14-5-4-6-15(11-14)25-16(18)19/h4-6,11,16H,3,7-10,12H2,1-2H3,(H,20,21). The minimum Gasteiger partial charge on any atom is -0.435 e. The summed E-state index contributed by atoms with van der Waals surface area (Å²) in [6, 6.07) is 6.54. The van der Waals surface area contributed by atoms with Gasteiger partial charge < -0.3 is 19.9 Å². The predicted molar refractivity (Wildman–Crippen MR) is 91.7 cm³/mol. The van der Waals surface area contributed by atoms with E-state index in [4.69, 9.17) is 0 Å². The van der Waals surface area contributed by atoms with Crippen LogP contribution in [0.4, 0.5) is 8.78 Å². The van der Waals surface area contributed by atoms with Gasteiger partial charge in [-0.15, -0.1) is 0 Å². The molecular weight excluding hydrogens is 330 g/mol. The third-order valence-corrected chi connectivity index (χ3v) is 3.89. The largest absolute Gasteiger partial charge is 0.435 e. The maximum Gasteiger partial charge on any atom is 0.387 e. The Labute approximate surface area is 146 Å². The smallest absolute Gasteiger partial charge is 0.387 e. The average Bonchev–Trinajstić information content (AvgIpc) is 2.58. The van der Waals surface area contributed by atoms with Crippen LogP contribution in [0.25, 0.3) is 0 Å². The number of halogens is 2. The summed E-state index contributed by atoms with van der Waals surface area (Å²) in [5.74, 6) is 0.964. The fourth-order valence-electron chi connectivity index (χ4n) is 2.65. The number of nitrogens with one attached hydrogen (secondary N) is 1. The van der Waals surface area contributed by atoms with Crippen LogP contribution in [-0.4, -0.2) is 61.0 Å². The van der Waals surface area contributed by atoms with Gasteiger partial charge in [0.25, 0.3) is 0 Å². The third-order valence-electron chi connectivity index (χ3n) is 3.89. The van der Waals surface area contributed by atoms with E-state index in [-0.39, 0.29) is 11.7 Å². The first kappa shape index (κ1) is 19.0. The van der Waals surface area contributed by atoms with Gasteiger partial charge in [0.2, 0.25) is 5.91 Å². The van der Waals surface area contributed by atoms with Crippen LogP contribution in [0.2, 0.25) is 0 Å². The highest BCUT2D eigenvalue weighted by Gasteiger charge is 2.20. The van der Waals surface area contributed by atoms with Crippen molar-refractivity contribution in [2.75, 3.05) is 32.7 Å². The van der Waals surface area contributed by atoms with Gasteiger partial charge in [0.1, 0.15) is 5.75 Å². The SMILES string of the molecule is CCNC(=NCc1cccc(OC(F)F)c1)N1CCN(C(C)=O)CC1. The van der Waals surface area contributed by atoms with Crippen molar-refractivity contribution in [3.63, 3.8) is 0 Å². The molecule has 1 amide bonds. The van der Waals surface area contributed by atoms with Gasteiger partial charge in [0, 0.05) is 39.6 Å². The second-order valence-electron chi connectivity index (χ2n) is 5.69. The van der Waals surface area contributed by atoms with Gasteiger partial charge in [-0.1, -0.05) is 12.1 Å². The molecule has 0 radical (unpaired) electrons. The summed E-state index contributed by atoms with van der Waals surface area (Å²) < 4.78 is 29.0. The molecule has 138 valence electrons. The molecule has 0 spiro atoms. The molecule has 2 rings (SSSR count). The van der Waals surface area contributed by atoms with Gasteiger partial charge in [-0.2, -0.15) is 8.78 Å². The number of ether oxygens (including phenoxy) is 1. The number of carbonyl (C=O) groups is 1. The molecule has 8 heteroatoms. The van der Waals surface area contributed by atoms with Gasteiger partial charge in [-0.05, 0) is 24.6 Å². The summed E-state index contributed by atoms with van der Waals surface area (Å²) in [5, 5.41) is 3.23. The Bertz CT molecular complexity index is 602. The van der Waals surface area contributed by atoms with Gasteiger partial charge in [-0.25, -0.2) is 4.99 Å². The average molecular weight is 354 g/mol. The molecule has 6 nitrogen and oxygen atoms in total. The molecule has 1 aliphatic rings. The van der Waals surface area contributed by atoms with Crippen LogP contribution >= 0.6 is 0 Å². The van der Waals surface area contributed by atoms with Crippen LogP contribution in [0, 0.1) is 0 Å². The minimum atomic E-state index is -2.84. The topological polar surface area (TPSA) is 57.2 Å². The second kappa shape index (κ2) is 9.19. The monoisotopic (exact) mass is 354 g/mol. The van der Waals surface area contributed by atoms with Crippen molar-refractivity contribution in [3.8, 4) is 5.75 Å². The number of piperazine rings is 1. The molecule has 0 saturated carbocycles. The zero-order valence-electron chi connectivity index (χ0n) is 14.5. The number of guanidine groups is 1. The van der Waals surface area contributed by atoms with E-state index in [1.165, 1.54) is 6.07 Å². The lowest BCUT2D eigenvalue weighted by molar-refractivity contribution is -0.130. The van der Waals surface area contributed by atoms with Crippen LogP contribution in [0.1, 0.15) is 19.4 Å². The molecule has 0 aliphatic carbocycles. The highest BCUT2D eigenvalue weighted by Crippen LogP contribution is 2.16. The lowest BCUT2D eigenvalue weighted by atomic mass is 10.2. The molecule has 1 heterocycles. The van der Waals surface area contributed by atoms with Crippen LogP contribution in [-0.2, 0) is 11.3 Å². The van der Waals surface area contributed by atoms with Crippen molar-refractivity contribution in [2.24, 2.45) is 4.99 Å². The zero-order chi connectivity index (χ0) is 18.2. The molecule has 25 heavy (non-hydrogen) atoms. The fourth-order valence-corrected chi connectivity index (χ4v) is 2.65. The highest BCUT2D eigenvalue weighted by molar-refractivity contribution is 5.80. The number of hydrogen-bond acceptors (Lipinski definition) is 3. The van der Waals surface area contributed by atoms with E-state index in [1.54, 1.807) is 19.1 Å². The molecule has 1 aromatic rings. The number of benzene rings is 1. The van der Waals surface area contributed by atoms with Crippen molar-refractivity contribution in [3.05, 3.63) is 29.8 Å². The summed E-state index contributed by atoms with van der Waals surface area (Å²) in [6.45, 7) is 4.54. The van der Waals surface area contributed by atoms with E-state index in [2.05, 4.69) is 19.9 Å². The number of rotatable bonds is 5. The van der Waals surface area contributed by atoms with Gasteiger partial charge in [0.15, 0.2) is 5.96 Å². The number of alkyl halides is 2. The first-order valence-electron chi connectivity index (χ1n) is 8.32. The first-order valence-corrected chi connectivity index (χ1v) is 8.32. The van der Waals surface area contributed by atoms with Gasteiger partial charge in [0.05, 0.1) is 6.54 Å². The van der Waals surface area contributed by atoms with Crippen LogP contribution in [0.5, 0.6) is 5.75 Å². The molecule has 0 bridgehead atoms. The molecule has 1 fully saturated rings. The first-order chi connectivity index (χ1) is 12.0. The van der Waals surface area contributed by atoms with E-state index >= 15 is 0 Å². The summed E-state index contributed by atoms with van der Waals surface area (Å²) in [6.07, 6.45) is 0. The molecule has 0 aromatic heterocycles. The summed E-state index contributed by atoms with van der Waals surface area (Å²) in [5.41, 5.74) is 0.788. The number of carbonyl (C=O) groups excluding carboxylic acids is 1. The summed E-state index contributed by atoms with van der Waals surface area (Å²) >= 11 is 0. The Balaban J connectivity index is 2.01. The minimum absolute atomic E-state index is 0.0810. The van der Waals surface area contributed by atoms with E-state index < -0.39 is 6.61 Å². The van der Waals surface area contributed by atoms with Crippen molar-refractivity contribution in [1.29, 1.82) is 0 Å². The molecule has 0 unspecified atom stereocenters. The number of nitrogens with zero attached hydrogens (tertiary/aromatic N) is 3.